The molecule has 3 heterocycles. The van der Waals surface area contributed by atoms with Crippen LogP contribution in [0.3, 0.4) is 0 Å². The molecule has 4 N–H and O–H groups in total. The maximum atomic E-state index is 14.5. The summed E-state index contributed by atoms with van der Waals surface area (Å²) in [5, 5.41) is 47.9. The Morgan fingerprint density at radius 3 is 2.02 bits per heavy atom. The number of aliphatic hydroxyl groups excluding tert-OH is 2. The number of aldehydes is 1. The molecule has 338 valence electrons. The van der Waals surface area contributed by atoms with E-state index >= 15 is 0 Å². The lowest BCUT2D eigenvalue weighted by Crippen LogP contribution is -2.63. The van der Waals surface area contributed by atoms with Crippen molar-refractivity contribution in [3.05, 3.63) is 0 Å². The molecule has 0 radical (unpaired) electrons. The molecule has 3 unspecified atom stereocenters. The van der Waals surface area contributed by atoms with E-state index < -0.39 is 113 Å². The van der Waals surface area contributed by atoms with Crippen LogP contribution in [-0.4, -0.2) is 162 Å². The van der Waals surface area contributed by atoms with Crippen LogP contribution in [0.1, 0.15) is 108 Å². The average Bonchev–Trinajstić information content (AvgIpc) is 3.14. The van der Waals surface area contributed by atoms with Gasteiger partial charge in [-0.3, -0.25) is 9.59 Å². The zero-order chi connectivity index (χ0) is 44.3. The van der Waals surface area contributed by atoms with Crippen molar-refractivity contribution in [2.24, 2.45) is 23.7 Å². The molecule has 16 heteroatoms. The Bertz CT molecular complexity index is 1360. The quantitative estimate of drug-likeness (QED) is 0.174. The second-order valence-corrected chi connectivity index (χ2v) is 18.3. The molecule has 0 aromatic heterocycles. The largest absolute Gasteiger partial charge is 0.459 e. The lowest BCUT2D eigenvalue weighted by atomic mass is 9.66. The Labute approximate surface area is 345 Å². The average molecular weight is 834 g/mol. The van der Waals surface area contributed by atoms with Crippen molar-refractivity contribution < 1.29 is 72.7 Å². The molecule has 3 fully saturated rings. The van der Waals surface area contributed by atoms with Crippen LogP contribution in [0.2, 0.25) is 0 Å². The predicted molar refractivity (Wildman–Crippen MR) is 211 cm³/mol. The van der Waals surface area contributed by atoms with Gasteiger partial charge in [0.25, 0.3) is 0 Å². The lowest BCUT2D eigenvalue weighted by Gasteiger charge is -2.51. The number of methoxy groups -OCH3 is 2. The summed E-state index contributed by atoms with van der Waals surface area (Å²) < 4.78 is 50.3. The van der Waals surface area contributed by atoms with Gasteiger partial charge in [-0.1, -0.05) is 20.8 Å². The number of ether oxygens (including phenoxy) is 8. The van der Waals surface area contributed by atoms with Gasteiger partial charge < -0.3 is 68.0 Å². The number of hydrogen-bond acceptors (Lipinski definition) is 16. The molecule has 0 aliphatic carbocycles. The van der Waals surface area contributed by atoms with E-state index in [1.165, 1.54) is 35.0 Å². The molecular weight excluding hydrogens is 758 g/mol. The maximum Gasteiger partial charge on any atom is 0.311 e. The maximum absolute atomic E-state index is 14.5. The summed E-state index contributed by atoms with van der Waals surface area (Å²) >= 11 is 0. The van der Waals surface area contributed by atoms with Gasteiger partial charge in [0.15, 0.2) is 18.7 Å². The van der Waals surface area contributed by atoms with Crippen LogP contribution in [0.5, 0.6) is 0 Å². The second kappa shape index (κ2) is 19.9. The molecule has 3 aliphatic rings. The molecule has 19 atom stereocenters. The summed E-state index contributed by atoms with van der Waals surface area (Å²) in [5.74, 6) is -5.15. The van der Waals surface area contributed by atoms with E-state index in [-0.39, 0.29) is 37.8 Å². The number of rotatable bonds is 11. The fourth-order valence-corrected chi connectivity index (χ4v) is 9.89. The van der Waals surface area contributed by atoms with Crippen molar-refractivity contribution in [2.75, 3.05) is 28.3 Å². The highest BCUT2D eigenvalue weighted by Gasteiger charge is 2.57. The minimum absolute atomic E-state index is 0.0484. The van der Waals surface area contributed by atoms with Gasteiger partial charge in [0, 0.05) is 51.9 Å². The minimum Gasteiger partial charge on any atom is -0.459 e. The fourth-order valence-electron chi connectivity index (χ4n) is 9.89. The summed E-state index contributed by atoms with van der Waals surface area (Å²) in [7, 11) is 6.71. The molecule has 3 saturated heterocycles. The standard InChI is InChI=1S/C42H75NO15/c1-16-30-41(10,49)29(17-18-44)42(11,50)34(47)22(2)20-39(8,51-14)35(58-38-32(46)28(43(12)13)19-23(3)53-38)24(4)33(25(5)37(48)56-30)57-31-21-40(9,52-15)36(26(6)54-31)55-27(7)45/h18,22-26,28-36,38,46-47,49-50H,16-17,19-21H2,1-15H3/t22-,23-,24-,25-,26+,28+,29-,30-,31?,32-,33+,34?,35-,36+,38+,39-,40-,41+,42?/m1/s1. The van der Waals surface area contributed by atoms with E-state index in [0.29, 0.717) is 12.7 Å². The Balaban J connectivity index is 2.28. The van der Waals surface area contributed by atoms with E-state index in [2.05, 4.69) is 0 Å². The second-order valence-electron chi connectivity index (χ2n) is 18.3. The highest BCUT2D eigenvalue weighted by Crippen LogP contribution is 2.45. The monoisotopic (exact) mass is 834 g/mol. The van der Waals surface area contributed by atoms with Gasteiger partial charge in [-0.05, 0) is 87.7 Å². The SMILES string of the molecule is CC[C@H]1OC(=O)[C@H](C)[C@@H](OC2C[C@@](C)(OC)[C@@H](OC(C)=O)[C@H](C)O2)[C@@H](C)[C@@H](O[C@@H]2O[C@H](C)C[C@H](N(C)C)[C@H]2O)[C@](C)(OC)C[C@@H](C)C(O)C(C)(O)[C@H](CC=O)[C@]1(C)O. The highest BCUT2D eigenvalue weighted by atomic mass is 16.7. The first-order chi connectivity index (χ1) is 26.8. The van der Waals surface area contributed by atoms with Crippen LogP contribution in [0, 0.1) is 23.7 Å². The van der Waals surface area contributed by atoms with Gasteiger partial charge in [0.1, 0.15) is 29.7 Å². The van der Waals surface area contributed by atoms with Crippen molar-refractivity contribution >= 4 is 18.2 Å². The third kappa shape index (κ3) is 10.8. The number of nitrogens with zero attached hydrogens (tertiary/aromatic N) is 1. The Morgan fingerprint density at radius 2 is 1.50 bits per heavy atom. The molecule has 58 heavy (non-hydrogen) atoms. The molecule has 0 spiro atoms. The molecule has 16 nitrogen and oxygen atoms in total. The number of aliphatic hydroxyl groups is 4. The first kappa shape index (κ1) is 50.5. The van der Waals surface area contributed by atoms with E-state index in [9.17, 15) is 34.8 Å². The molecule has 0 aromatic carbocycles. The first-order valence-electron chi connectivity index (χ1n) is 20.8. The van der Waals surface area contributed by atoms with E-state index in [1.54, 1.807) is 41.5 Å². The van der Waals surface area contributed by atoms with Gasteiger partial charge in [-0.25, -0.2) is 0 Å². The van der Waals surface area contributed by atoms with Crippen molar-refractivity contribution in [3.8, 4) is 0 Å². The summed E-state index contributed by atoms with van der Waals surface area (Å²) in [5.41, 5.74) is -6.44. The van der Waals surface area contributed by atoms with E-state index in [4.69, 9.17) is 37.9 Å². The highest BCUT2D eigenvalue weighted by molar-refractivity contribution is 5.73. The Kier molecular flexibility index (Phi) is 17.3. The number of hydrogen-bond donors (Lipinski definition) is 4. The Morgan fingerprint density at radius 1 is 0.914 bits per heavy atom. The number of likely N-dealkylation sites (N-methyl/N-ethyl adjacent to an activating group) is 1. The van der Waals surface area contributed by atoms with Crippen LogP contribution >= 0.6 is 0 Å². The molecule has 0 bridgehead atoms. The summed E-state index contributed by atoms with van der Waals surface area (Å²) in [4.78, 5) is 40.6. The number of cyclic esters (lactones) is 1. The zero-order valence-corrected chi connectivity index (χ0v) is 37.5. The van der Waals surface area contributed by atoms with Crippen molar-refractivity contribution in [1.82, 2.24) is 4.90 Å². The molecule has 0 amide bonds. The van der Waals surface area contributed by atoms with Crippen LogP contribution in [-0.2, 0) is 52.3 Å². The number of carbonyl (C=O) groups is 3. The van der Waals surface area contributed by atoms with Crippen molar-refractivity contribution in [1.29, 1.82) is 0 Å². The topological polar surface area (TPSA) is 209 Å². The normalized spacial score (nSPS) is 47.5. The van der Waals surface area contributed by atoms with Crippen LogP contribution < -0.4 is 0 Å². The lowest BCUT2D eigenvalue weighted by molar-refractivity contribution is -0.321. The third-order valence-electron chi connectivity index (χ3n) is 13.4. The van der Waals surface area contributed by atoms with E-state index in [1.807, 2.05) is 32.8 Å². The molecule has 0 aromatic rings. The molecule has 0 saturated carbocycles. The van der Waals surface area contributed by atoms with Gasteiger partial charge in [0.2, 0.25) is 0 Å². The summed E-state index contributed by atoms with van der Waals surface area (Å²) in [6.07, 6.45) is -8.91. The molecule has 3 aliphatic heterocycles. The van der Waals surface area contributed by atoms with Crippen molar-refractivity contribution in [3.63, 3.8) is 0 Å². The zero-order valence-electron chi connectivity index (χ0n) is 37.5. The predicted octanol–water partition coefficient (Wildman–Crippen LogP) is 2.76. The van der Waals surface area contributed by atoms with E-state index in [0.717, 1.165) is 0 Å². The van der Waals surface area contributed by atoms with Gasteiger partial charge >= 0.3 is 11.9 Å². The third-order valence-corrected chi connectivity index (χ3v) is 13.4. The minimum atomic E-state index is -2.06. The van der Waals surface area contributed by atoms with Crippen LogP contribution in [0.15, 0.2) is 0 Å². The van der Waals surface area contributed by atoms with Gasteiger partial charge in [0.05, 0.1) is 47.6 Å². The molecular formula is C42H75NO15. The van der Waals surface area contributed by atoms with Gasteiger partial charge in [-0.15, -0.1) is 0 Å². The smallest absolute Gasteiger partial charge is 0.311 e. The van der Waals surface area contributed by atoms with Gasteiger partial charge in [-0.2, -0.15) is 0 Å². The Hall–Kier alpha value is -1.83. The number of carbonyl (C=O) groups excluding carboxylic acids is 3. The summed E-state index contributed by atoms with van der Waals surface area (Å²) in [6.45, 7) is 18.1. The number of esters is 2. The summed E-state index contributed by atoms with van der Waals surface area (Å²) in [6, 6.07) is -0.323. The molecule has 3 rings (SSSR count). The van der Waals surface area contributed by atoms with Crippen LogP contribution in [0.25, 0.3) is 0 Å². The van der Waals surface area contributed by atoms with Crippen LogP contribution in [0.4, 0.5) is 0 Å². The van der Waals surface area contributed by atoms with Crippen molar-refractivity contribution in [2.45, 2.75) is 198 Å². The fraction of sp³-hybridized carbons (Fsp3) is 0.929. The first-order valence-corrected chi connectivity index (χ1v) is 20.8.